The summed E-state index contributed by atoms with van der Waals surface area (Å²) in [5.74, 6) is 0.955. The number of rotatable bonds is 7. The van der Waals surface area contributed by atoms with E-state index in [0.29, 0.717) is 0 Å². The Hall–Kier alpha value is -2.36. The molecule has 7 nitrogen and oxygen atoms in total. The molecule has 0 radical (unpaired) electrons. The van der Waals surface area contributed by atoms with Crippen molar-refractivity contribution >= 4 is 23.8 Å². The summed E-state index contributed by atoms with van der Waals surface area (Å²) < 4.78 is 14.4. The van der Waals surface area contributed by atoms with Gasteiger partial charge in [-0.3, -0.25) is 0 Å². The van der Waals surface area contributed by atoms with Gasteiger partial charge in [-0.15, -0.1) is 0 Å². The molecule has 0 N–H and O–H groups in total. The fraction of sp³-hybridized carbons (Fsp3) is 0.538. The van der Waals surface area contributed by atoms with Crippen molar-refractivity contribution in [2.45, 2.75) is 39.9 Å². The largest absolute Gasteiger partial charge is 0.467 e. The minimum absolute atomic E-state index is 0.124. The molecular weight excluding hydrogens is 268 g/mol. The Morgan fingerprint density at radius 3 is 2.10 bits per heavy atom. The van der Waals surface area contributed by atoms with Crippen LogP contribution in [0.4, 0.5) is 0 Å². The number of carbonyl (C=O) groups is 2. The van der Waals surface area contributed by atoms with Crippen LogP contribution in [0.1, 0.15) is 27.7 Å². The highest BCUT2D eigenvalue weighted by Crippen LogP contribution is 2.11. The SMILES string of the molecule is CCOC(=O)C(C)OC(=O)C(OC(C)=C=O)C(C)=C=O. The Labute approximate surface area is 116 Å². The Morgan fingerprint density at radius 1 is 1.05 bits per heavy atom. The van der Waals surface area contributed by atoms with E-state index in [2.05, 4.69) is 4.74 Å². The van der Waals surface area contributed by atoms with Gasteiger partial charge in [0.15, 0.2) is 17.8 Å². The van der Waals surface area contributed by atoms with Crippen molar-refractivity contribution in [2.24, 2.45) is 0 Å². The third-order valence-corrected chi connectivity index (χ3v) is 2.12. The molecule has 0 aliphatic carbocycles. The maximum atomic E-state index is 11.8. The van der Waals surface area contributed by atoms with E-state index >= 15 is 0 Å². The zero-order valence-corrected chi connectivity index (χ0v) is 11.7. The number of hydrogen-bond acceptors (Lipinski definition) is 7. The maximum Gasteiger partial charge on any atom is 0.353 e. The lowest BCUT2D eigenvalue weighted by Gasteiger charge is -2.18. The molecule has 0 saturated carbocycles. The molecule has 7 heteroatoms. The average molecular weight is 284 g/mol. The van der Waals surface area contributed by atoms with Crippen LogP contribution < -0.4 is 0 Å². The van der Waals surface area contributed by atoms with Crippen LogP contribution in [-0.2, 0) is 33.4 Å². The monoisotopic (exact) mass is 284 g/mol. The fourth-order valence-electron chi connectivity index (χ4n) is 1.11. The van der Waals surface area contributed by atoms with Gasteiger partial charge in [0.2, 0.25) is 6.10 Å². The Bertz CT molecular complexity index is 467. The van der Waals surface area contributed by atoms with Gasteiger partial charge in [0, 0.05) is 6.92 Å². The van der Waals surface area contributed by atoms with Crippen molar-refractivity contribution in [2.75, 3.05) is 6.61 Å². The molecule has 20 heavy (non-hydrogen) atoms. The van der Waals surface area contributed by atoms with E-state index in [-0.39, 0.29) is 17.9 Å². The first-order chi connectivity index (χ1) is 9.37. The predicted molar refractivity (Wildman–Crippen MR) is 66.8 cm³/mol. The molecule has 0 rings (SSSR count). The van der Waals surface area contributed by atoms with E-state index in [9.17, 15) is 19.2 Å². The topological polar surface area (TPSA) is 96.0 Å². The van der Waals surface area contributed by atoms with Gasteiger partial charge in [-0.25, -0.2) is 19.2 Å². The third kappa shape index (κ3) is 5.52. The lowest BCUT2D eigenvalue weighted by atomic mass is 10.2. The molecule has 0 amide bonds. The van der Waals surface area contributed by atoms with Crippen molar-refractivity contribution in [3.63, 3.8) is 0 Å². The lowest BCUT2D eigenvalue weighted by Crippen LogP contribution is -2.34. The Morgan fingerprint density at radius 2 is 1.65 bits per heavy atom. The number of esters is 2. The highest BCUT2D eigenvalue weighted by atomic mass is 16.6. The summed E-state index contributed by atoms with van der Waals surface area (Å²) in [4.78, 5) is 44.1. The van der Waals surface area contributed by atoms with Gasteiger partial charge in [-0.2, -0.15) is 0 Å². The molecule has 0 aliphatic rings. The van der Waals surface area contributed by atoms with Crippen LogP contribution in [0.15, 0.2) is 11.3 Å². The quantitative estimate of drug-likeness (QED) is 0.379. The molecule has 0 aromatic rings. The highest BCUT2D eigenvalue weighted by Gasteiger charge is 2.29. The molecule has 0 spiro atoms. The zero-order chi connectivity index (χ0) is 15.7. The Balaban J connectivity index is 4.93. The van der Waals surface area contributed by atoms with Crippen LogP contribution in [0, 0.1) is 0 Å². The fourth-order valence-corrected chi connectivity index (χ4v) is 1.11. The second-order valence-electron chi connectivity index (χ2n) is 3.77. The third-order valence-electron chi connectivity index (χ3n) is 2.12. The van der Waals surface area contributed by atoms with Crippen molar-refractivity contribution in [3.8, 4) is 0 Å². The van der Waals surface area contributed by atoms with Gasteiger partial charge in [-0.1, -0.05) is 0 Å². The zero-order valence-electron chi connectivity index (χ0n) is 11.7. The first kappa shape index (κ1) is 17.6. The van der Waals surface area contributed by atoms with Crippen LogP contribution in [0.5, 0.6) is 0 Å². The smallest absolute Gasteiger partial charge is 0.353 e. The lowest BCUT2D eigenvalue weighted by molar-refractivity contribution is -0.170. The molecule has 0 aliphatic heterocycles. The highest BCUT2D eigenvalue weighted by molar-refractivity contribution is 5.85. The second kappa shape index (κ2) is 8.69. The number of allylic oxidation sites excluding steroid dienone is 1. The minimum atomic E-state index is -1.45. The molecule has 0 fully saturated rings. The molecule has 0 heterocycles. The van der Waals surface area contributed by atoms with E-state index in [4.69, 9.17) is 9.47 Å². The van der Waals surface area contributed by atoms with Crippen molar-refractivity contribution < 1.29 is 33.4 Å². The van der Waals surface area contributed by atoms with Gasteiger partial charge in [0.1, 0.15) is 5.94 Å². The molecule has 2 atom stereocenters. The molecule has 110 valence electrons. The number of ether oxygens (including phenoxy) is 3. The molecule has 2 unspecified atom stereocenters. The number of hydrogen-bond donors (Lipinski definition) is 0. The van der Waals surface area contributed by atoms with E-state index < -0.39 is 24.1 Å². The van der Waals surface area contributed by atoms with E-state index in [1.807, 2.05) is 0 Å². The molecule has 0 aromatic carbocycles. The molecule has 0 bridgehead atoms. The van der Waals surface area contributed by atoms with Gasteiger partial charge in [-0.05, 0) is 20.8 Å². The summed E-state index contributed by atoms with van der Waals surface area (Å²) >= 11 is 0. The van der Waals surface area contributed by atoms with E-state index in [1.54, 1.807) is 6.92 Å². The molecule has 0 aromatic heterocycles. The van der Waals surface area contributed by atoms with Crippen molar-refractivity contribution in [3.05, 3.63) is 11.3 Å². The van der Waals surface area contributed by atoms with Crippen LogP contribution in [-0.4, -0.2) is 42.6 Å². The Kier molecular flexibility index (Phi) is 7.67. The first-order valence-electron chi connectivity index (χ1n) is 5.84. The van der Waals surface area contributed by atoms with Crippen LogP contribution in [0.3, 0.4) is 0 Å². The summed E-state index contributed by atoms with van der Waals surface area (Å²) in [7, 11) is 0. The summed E-state index contributed by atoms with van der Waals surface area (Å²) in [6.45, 7) is 5.61. The maximum absolute atomic E-state index is 11.8. The number of carbonyl (C=O) groups excluding carboxylic acids is 4. The van der Waals surface area contributed by atoms with Gasteiger partial charge in [0.05, 0.1) is 12.2 Å². The summed E-state index contributed by atoms with van der Waals surface area (Å²) in [5.41, 5.74) is -0.124. The average Bonchev–Trinajstić information content (AvgIpc) is 2.43. The first-order valence-corrected chi connectivity index (χ1v) is 5.84. The van der Waals surface area contributed by atoms with Gasteiger partial charge in [0.25, 0.3) is 0 Å². The summed E-state index contributed by atoms with van der Waals surface area (Å²) in [5, 5.41) is 0. The standard InChI is InChI=1S/C13H16O7/c1-5-18-12(16)10(4)20-13(17)11(8(2)6-14)19-9(3)7-15/h10-11H,5H2,1-4H3. The normalized spacial score (nSPS) is 12.2. The van der Waals surface area contributed by atoms with Gasteiger partial charge >= 0.3 is 11.9 Å². The molecular formula is C13H16O7. The summed E-state index contributed by atoms with van der Waals surface area (Å²) in [6.07, 6.45) is -2.61. The summed E-state index contributed by atoms with van der Waals surface area (Å²) in [6, 6.07) is 0. The van der Waals surface area contributed by atoms with Crippen LogP contribution >= 0.6 is 0 Å². The van der Waals surface area contributed by atoms with E-state index in [1.165, 1.54) is 32.7 Å². The van der Waals surface area contributed by atoms with Crippen molar-refractivity contribution in [1.29, 1.82) is 0 Å². The minimum Gasteiger partial charge on any atom is -0.467 e. The predicted octanol–water partition coefficient (Wildman–Crippen LogP) is 0.380. The van der Waals surface area contributed by atoms with Crippen molar-refractivity contribution in [1.82, 2.24) is 0 Å². The van der Waals surface area contributed by atoms with Crippen LogP contribution in [0.25, 0.3) is 0 Å². The molecule has 0 saturated heterocycles. The van der Waals surface area contributed by atoms with Crippen LogP contribution in [0.2, 0.25) is 0 Å². The second-order valence-corrected chi connectivity index (χ2v) is 3.77. The van der Waals surface area contributed by atoms with E-state index in [0.717, 1.165) is 0 Å². The van der Waals surface area contributed by atoms with Gasteiger partial charge < -0.3 is 14.2 Å².